The van der Waals surface area contributed by atoms with Gasteiger partial charge in [0.2, 0.25) is 0 Å². The third kappa shape index (κ3) is 2.28. The number of hydrogen-bond donors (Lipinski definition) is 1. The average Bonchev–Trinajstić information content (AvgIpc) is 2.15. The first-order valence-electron chi connectivity index (χ1n) is 5.51. The number of anilines is 1. The van der Waals surface area contributed by atoms with Gasteiger partial charge < -0.3 is 10.2 Å². The summed E-state index contributed by atoms with van der Waals surface area (Å²) in [4.78, 5) is 10.3. The highest BCUT2D eigenvalue weighted by molar-refractivity contribution is 6.29. The normalized spacial score (nSPS) is 18.2. The van der Waals surface area contributed by atoms with E-state index in [1.807, 2.05) is 0 Å². The van der Waals surface area contributed by atoms with Crippen LogP contribution in [0.5, 0.6) is 0 Å². The highest BCUT2D eigenvalue weighted by Crippen LogP contribution is 2.36. The maximum Gasteiger partial charge on any atom is 0.134 e. The van der Waals surface area contributed by atoms with E-state index in [9.17, 15) is 0 Å². The van der Waals surface area contributed by atoms with Gasteiger partial charge in [0, 0.05) is 18.2 Å². The fourth-order valence-corrected chi connectivity index (χ4v) is 2.20. The van der Waals surface area contributed by atoms with E-state index in [4.69, 9.17) is 11.6 Å². The third-order valence-corrected chi connectivity index (χ3v) is 3.67. The van der Waals surface area contributed by atoms with Crippen LogP contribution in [-0.4, -0.2) is 41.0 Å². The summed E-state index contributed by atoms with van der Waals surface area (Å²) in [6.45, 7) is 0.910. The molecular formula is C11H17ClN4. The largest absolute Gasteiger partial charge is 0.368 e. The molecule has 16 heavy (non-hydrogen) atoms. The summed E-state index contributed by atoms with van der Waals surface area (Å²) < 4.78 is 0. The second kappa shape index (κ2) is 4.55. The van der Waals surface area contributed by atoms with Crippen LogP contribution in [0.3, 0.4) is 0 Å². The molecule has 1 aliphatic carbocycles. The number of nitrogens with one attached hydrogen (secondary N) is 1. The molecule has 88 valence electrons. The molecule has 0 bridgehead atoms. The quantitative estimate of drug-likeness (QED) is 0.818. The summed E-state index contributed by atoms with van der Waals surface area (Å²) in [5.41, 5.74) is 0.289. The Kier molecular flexibility index (Phi) is 3.30. The van der Waals surface area contributed by atoms with Crippen LogP contribution >= 0.6 is 11.6 Å². The lowest BCUT2D eigenvalue weighted by molar-refractivity contribution is 0.0738. The predicted molar refractivity (Wildman–Crippen MR) is 65.8 cm³/mol. The van der Waals surface area contributed by atoms with Crippen LogP contribution in [0.2, 0.25) is 5.15 Å². The molecule has 1 heterocycles. The predicted octanol–water partition coefficient (Wildman–Crippen LogP) is 2.03. The zero-order valence-electron chi connectivity index (χ0n) is 9.70. The molecule has 1 N–H and O–H groups in total. The monoisotopic (exact) mass is 240 g/mol. The lowest BCUT2D eigenvalue weighted by Crippen LogP contribution is -2.54. The lowest BCUT2D eigenvalue weighted by atomic mass is 9.75. The Morgan fingerprint density at radius 3 is 2.69 bits per heavy atom. The van der Waals surface area contributed by atoms with Crippen LogP contribution in [0.4, 0.5) is 5.82 Å². The molecule has 1 fully saturated rings. The van der Waals surface area contributed by atoms with E-state index in [1.54, 1.807) is 6.07 Å². The van der Waals surface area contributed by atoms with Crippen molar-refractivity contribution in [2.45, 2.75) is 24.8 Å². The van der Waals surface area contributed by atoms with Gasteiger partial charge in [0.25, 0.3) is 0 Å². The molecule has 1 aliphatic rings. The van der Waals surface area contributed by atoms with Crippen molar-refractivity contribution in [1.29, 1.82) is 0 Å². The smallest absolute Gasteiger partial charge is 0.134 e. The van der Waals surface area contributed by atoms with Crippen LogP contribution in [0, 0.1) is 0 Å². The van der Waals surface area contributed by atoms with E-state index in [2.05, 4.69) is 34.3 Å². The first-order valence-corrected chi connectivity index (χ1v) is 5.89. The van der Waals surface area contributed by atoms with E-state index >= 15 is 0 Å². The minimum Gasteiger partial charge on any atom is -0.368 e. The molecule has 0 saturated heterocycles. The Bertz CT molecular complexity index is 363. The highest BCUT2D eigenvalue weighted by Gasteiger charge is 2.38. The second-order valence-electron chi connectivity index (χ2n) is 4.55. The van der Waals surface area contributed by atoms with Crippen molar-refractivity contribution >= 4 is 17.4 Å². The van der Waals surface area contributed by atoms with Gasteiger partial charge in [-0.15, -0.1) is 0 Å². The molecule has 1 aromatic heterocycles. The maximum atomic E-state index is 5.80. The standard InChI is InChI=1S/C11H17ClN4/c1-16(2)11(4-3-5-11)7-13-10-6-9(12)14-8-15-10/h6,8H,3-5,7H2,1-2H3,(H,13,14,15). The fraction of sp³-hybridized carbons (Fsp3) is 0.636. The molecule has 4 nitrogen and oxygen atoms in total. The summed E-state index contributed by atoms with van der Waals surface area (Å²) >= 11 is 5.80. The van der Waals surface area contributed by atoms with E-state index < -0.39 is 0 Å². The first kappa shape index (κ1) is 11.6. The van der Waals surface area contributed by atoms with Crippen LogP contribution < -0.4 is 5.32 Å². The van der Waals surface area contributed by atoms with Gasteiger partial charge in [-0.2, -0.15) is 0 Å². The number of rotatable bonds is 4. The molecule has 0 aliphatic heterocycles. The summed E-state index contributed by atoms with van der Waals surface area (Å²) in [6.07, 6.45) is 5.27. The minimum absolute atomic E-state index is 0.289. The SMILES string of the molecule is CN(C)C1(CNc2cc(Cl)ncn2)CCC1. The van der Waals surface area contributed by atoms with E-state index in [-0.39, 0.29) is 5.54 Å². The van der Waals surface area contributed by atoms with Gasteiger partial charge in [-0.3, -0.25) is 0 Å². The van der Waals surface area contributed by atoms with Crippen LogP contribution in [0.1, 0.15) is 19.3 Å². The molecule has 0 unspecified atom stereocenters. The molecule has 1 saturated carbocycles. The van der Waals surface area contributed by atoms with Gasteiger partial charge in [-0.25, -0.2) is 9.97 Å². The molecule has 0 spiro atoms. The summed E-state index contributed by atoms with van der Waals surface area (Å²) in [5.74, 6) is 0.799. The average molecular weight is 241 g/mol. The minimum atomic E-state index is 0.289. The van der Waals surface area contributed by atoms with Crippen LogP contribution in [0.25, 0.3) is 0 Å². The lowest BCUT2D eigenvalue weighted by Gasteiger charge is -2.47. The van der Waals surface area contributed by atoms with Crippen molar-refractivity contribution in [3.05, 3.63) is 17.5 Å². The first-order chi connectivity index (χ1) is 7.62. The number of halogens is 1. The van der Waals surface area contributed by atoms with E-state index in [0.29, 0.717) is 5.15 Å². The molecule has 0 aromatic carbocycles. The number of likely N-dealkylation sites (N-methyl/N-ethyl adjacent to an activating group) is 1. The van der Waals surface area contributed by atoms with E-state index in [1.165, 1.54) is 25.6 Å². The van der Waals surface area contributed by atoms with Crippen LogP contribution in [-0.2, 0) is 0 Å². The molecular weight excluding hydrogens is 224 g/mol. The van der Waals surface area contributed by atoms with Crippen LogP contribution in [0.15, 0.2) is 12.4 Å². The van der Waals surface area contributed by atoms with Gasteiger partial charge >= 0.3 is 0 Å². The fourth-order valence-electron chi connectivity index (χ4n) is 2.05. The summed E-state index contributed by atoms with van der Waals surface area (Å²) in [7, 11) is 4.27. The number of hydrogen-bond acceptors (Lipinski definition) is 4. The molecule has 1 aromatic rings. The Hall–Kier alpha value is -0.870. The third-order valence-electron chi connectivity index (χ3n) is 3.47. The number of aromatic nitrogens is 2. The van der Waals surface area contributed by atoms with Gasteiger partial charge in [0.15, 0.2) is 0 Å². The van der Waals surface area contributed by atoms with E-state index in [0.717, 1.165) is 12.4 Å². The zero-order valence-corrected chi connectivity index (χ0v) is 10.5. The zero-order chi connectivity index (χ0) is 11.6. The molecule has 0 amide bonds. The molecule has 5 heteroatoms. The molecule has 0 radical (unpaired) electrons. The topological polar surface area (TPSA) is 41.0 Å². The maximum absolute atomic E-state index is 5.80. The van der Waals surface area contributed by atoms with Crippen molar-refractivity contribution < 1.29 is 0 Å². The van der Waals surface area contributed by atoms with Crippen molar-refractivity contribution in [2.24, 2.45) is 0 Å². The Labute approximate surface area is 101 Å². The Morgan fingerprint density at radius 2 is 2.19 bits per heavy atom. The van der Waals surface area contributed by atoms with Gasteiger partial charge in [-0.05, 0) is 33.4 Å². The van der Waals surface area contributed by atoms with Crippen molar-refractivity contribution in [3.63, 3.8) is 0 Å². The van der Waals surface area contributed by atoms with Gasteiger partial charge in [-0.1, -0.05) is 11.6 Å². The van der Waals surface area contributed by atoms with Crippen molar-refractivity contribution in [1.82, 2.24) is 14.9 Å². The van der Waals surface area contributed by atoms with Gasteiger partial charge in [0.05, 0.1) is 0 Å². The second-order valence-corrected chi connectivity index (χ2v) is 4.94. The highest BCUT2D eigenvalue weighted by atomic mass is 35.5. The summed E-state index contributed by atoms with van der Waals surface area (Å²) in [6, 6.07) is 1.75. The van der Waals surface area contributed by atoms with Crippen molar-refractivity contribution in [2.75, 3.05) is 26.0 Å². The van der Waals surface area contributed by atoms with Gasteiger partial charge in [0.1, 0.15) is 17.3 Å². The summed E-state index contributed by atoms with van der Waals surface area (Å²) in [5, 5.41) is 3.81. The molecule has 2 rings (SSSR count). The molecule has 0 atom stereocenters. The van der Waals surface area contributed by atoms with Crippen molar-refractivity contribution in [3.8, 4) is 0 Å². The number of nitrogens with zero attached hydrogens (tertiary/aromatic N) is 3. The Morgan fingerprint density at radius 1 is 1.44 bits per heavy atom. The Balaban J connectivity index is 1.96.